The lowest BCUT2D eigenvalue weighted by molar-refractivity contribution is 0.102. The first kappa shape index (κ1) is 14.4. The van der Waals surface area contributed by atoms with Crippen LogP contribution in [0.4, 0.5) is 5.82 Å². The van der Waals surface area contributed by atoms with Crippen LogP contribution in [0.3, 0.4) is 0 Å². The first-order valence-corrected chi connectivity index (χ1v) is 7.67. The number of nitrogens with one attached hydrogen (secondary N) is 1. The Morgan fingerprint density at radius 3 is 2.88 bits per heavy atom. The molecule has 24 heavy (non-hydrogen) atoms. The number of nitrogens with zero attached hydrogens (tertiary/aromatic N) is 2. The highest BCUT2D eigenvalue weighted by Gasteiger charge is 2.26. The number of aromatic nitrogens is 2. The summed E-state index contributed by atoms with van der Waals surface area (Å²) >= 11 is 0. The van der Waals surface area contributed by atoms with Crippen LogP contribution in [0.15, 0.2) is 41.3 Å². The van der Waals surface area contributed by atoms with E-state index in [4.69, 9.17) is 0 Å². The summed E-state index contributed by atoms with van der Waals surface area (Å²) in [7, 11) is 0. The quantitative estimate of drug-likeness (QED) is 0.758. The molecule has 0 saturated carbocycles. The predicted molar refractivity (Wildman–Crippen MR) is 90.5 cm³/mol. The highest BCUT2D eigenvalue weighted by molar-refractivity contribution is 6.09. The molecular weight excluding hydrogens is 306 g/mol. The topological polar surface area (TPSA) is 84.2 Å². The molecule has 1 aliphatic rings. The minimum atomic E-state index is -0.656. The van der Waals surface area contributed by atoms with Crippen molar-refractivity contribution in [2.24, 2.45) is 0 Å². The molecule has 0 radical (unpaired) electrons. The number of hydrogen-bond acceptors (Lipinski definition) is 4. The monoisotopic (exact) mass is 321 g/mol. The molecule has 2 aromatic heterocycles. The third-order valence-electron chi connectivity index (χ3n) is 4.33. The van der Waals surface area contributed by atoms with Crippen molar-refractivity contribution in [2.45, 2.75) is 19.9 Å². The summed E-state index contributed by atoms with van der Waals surface area (Å²) in [5.41, 5.74) is 1.96. The van der Waals surface area contributed by atoms with Crippen LogP contribution in [0.1, 0.15) is 21.5 Å². The molecule has 3 heterocycles. The molecule has 1 aromatic carbocycles. The van der Waals surface area contributed by atoms with Crippen LogP contribution in [0.25, 0.3) is 10.9 Å². The SMILES string of the molecule is Cc1ccc(NC(=O)c2c(O)c3cccc4c3n(c2=O)CC4)nc1. The van der Waals surface area contributed by atoms with Crippen molar-refractivity contribution in [3.8, 4) is 5.75 Å². The Labute approximate surface area is 137 Å². The molecular formula is C18H15N3O3. The number of benzene rings is 1. The van der Waals surface area contributed by atoms with Gasteiger partial charge in [-0.3, -0.25) is 9.59 Å². The Balaban J connectivity index is 1.84. The van der Waals surface area contributed by atoms with E-state index in [1.165, 1.54) is 0 Å². The summed E-state index contributed by atoms with van der Waals surface area (Å²) in [6, 6.07) is 8.93. The fourth-order valence-corrected chi connectivity index (χ4v) is 3.15. The van der Waals surface area contributed by atoms with Crippen molar-refractivity contribution in [1.82, 2.24) is 9.55 Å². The van der Waals surface area contributed by atoms with Crippen LogP contribution < -0.4 is 10.9 Å². The van der Waals surface area contributed by atoms with Crippen LogP contribution in [0.2, 0.25) is 0 Å². The zero-order valence-electron chi connectivity index (χ0n) is 13.0. The normalized spacial score (nSPS) is 12.5. The molecule has 0 atom stereocenters. The maximum absolute atomic E-state index is 12.7. The lowest BCUT2D eigenvalue weighted by atomic mass is 10.1. The Bertz CT molecular complexity index is 1040. The van der Waals surface area contributed by atoms with Crippen molar-refractivity contribution in [2.75, 3.05) is 5.32 Å². The Morgan fingerprint density at radius 2 is 2.12 bits per heavy atom. The summed E-state index contributed by atoms with van der Waals surface area (Å²) < 4.78 is 1.56. The van der Waals surface area contributed by atoms with E-state index in [9.17, 15) is 14.7 Å². The van der Waals surface area contributed by atoms with E-state index >= 15 is 0 Å². The fourth-order valence-electron chi connectivity index (χ4n) is 3.15. The lowest BCUT2D eigenvalue weighted by Crippen LogP contribution is -2.28. The molecule has 0 aliphatic carbocycles. The van der Waals surface area contributed by atoms with Crippen LogP contribution in [0, 0.1) is 6.92 Å². The molecule has 0 saturated heterocycles. The number of aromatic hydroxyl groups is 1. The maximum atomic E-state index is 12.7. The molecule has 6 nitrogen and oxygen atoms in total. The molecule has 6 heteroatoms. The summed E-state index contributed by atoms with van der Waals surface area (Å²) in [5, 5.41) is 13.6. The molecule has 4 rings (SSSR count). The van der Waals surface area contributed by atoms with Crippen LogP contribution in [-0.4, -0.2) is 20.6 Å². The van der Waals surface area contributed by atoms with Crippen molar-refractivity contribution in [3.63, 3.8) is 0 Å². The van der Waals surface area contributed by atoms with E-state index < -0.39 is 11.5 Å². The molecule has 120 valence electrons. The van der Waals surface area contributed by atoms with Crippen molar-refractivity contribution in [1.29, 1.82) is 0 Å². The van der Waals surface area contributed by atoms with Crippen LogP contribution in [0.5, 0.6) is 5.75 Å². The van der Waals surface area contributed by atoms with Gasteiger partial charge in [0.2, 0.25) is 0 Å². The molecule has 1 amide bonds. The number of rotatable bonds is 2. The van der Waals surface area contributed by atoms with Gasteiger partial charge in [-0.2, -0.15) is 0 Å². The van der Waals surface area contributed by atoms with Gasteiger partial charge in [0.05, 0.1) is 5.52 Å². The van der Waals surface area contributed by atoms with E-state index in [1.807, 2.05) is 25.1 Å². The number of para-hydroxylation sites is 1. The number of hydrogen-bond donors (Lipinski definition) is 2. The Morgan fingerprint density at radius 1 is 1.29 bits per heavy atom. The second-order valence-corrected chi connectivity index (χ2v) is 5.92. The van der Waals surface area contributed by atoms with Gasteiger partial charge in [-0.25, -0.2) is 4.98 Å². The Kier molecular flexibility index (Phi) is 3.13. The summed E-state index contributed by atoms with van der Waals surface area (Å²) in [6.07, 6.45) is 2.34. The van der Waals surface area contributed by atoms with Gasteiger partial charge in [0.15, 0.2) is 0 Å². The third kappa shape index (κ3) is 2.07. The molecule has 3 aromatic rings. The highest BCUT2D eigenvalue weighted by atomic mass is 16.3. The van der Waals surface area contributed by atoms with Gasteiger partial charge >= 0.3 is 0 Å². The number of carbonyl (C=O) groups excluding carboxylic acids is 1. The number of anilines is 1. The minimum absolute atomic E-state index is 0.246. The average molecular weight is 321 g/mol. The van der Waals surface area contributed by atoms with Crippen molar-refractivity contribution < 1.29 is 9.90 Å². The van der Waals surface area contributed by atoms with Gasteiger partial charge < -0.3 is 15.0 Å². The third-order valence-corrected chi connectivity index (χ3v) is 4.33. The van der Waals surface area contributed by atoms with Gasteiger partial charge in [0.25, 0.3) is 11.5 Å². The van der Waals surface area contributed by atoms with Gasteiger partial charge in [-0.05, 0) is 36.6 Å². The zero-order valence-corrected chi connectivity index (χ0v) is 13.0. The average Bonchev–Trinajstić information content (AvgIpc) is 3.00. The molecule has 0 spiro atoms. The number of carbonyl (C=O) groups is 1. The van der Waals surface area contributed by atoms with E-state index in [2.05, 4.69) is 10.3 Å². The summed E-state index contributed by atoms with van der Waals surface area (Å²) in [6.45, 7) is 2.40. The van der Waals surface area contributed by atoms with Gasteiger partial charge in [-0.1, -0.05) is 18.2 Å². The molecule has 2 N–H and O–H groups in total. The standard InChI is InChI=1S/C18H15N3O3/c1-10-5-6-13(19-9-10)20-17(23)14-16(22)12-4-2-3-11-7-8-21(15(11)12)18(14)24/h2-6,9,22H,7-8H2,1H3,(H,19,20,23). The van der Waals surface area contributed by atoms with Gasteiger partial charge in [-0.15, -0.1) is 0 Å². The molecule has 0 bridgehead atoms. The summed E-state index contributed by atoms with van der Waals surface area (Å²) in [5.74, 6) is -0.601. The van der Waals surface area contributed by atoms with Crippen molar-refractivity contribution >= 4 is 22.6 Å². The largest absolute Gasteiger partial charge is 0.506 e. The second kappa shape index (κ2) is 5.19. The molecule has 0 fully saturated rings. The lowest BCUT2D eigenvalue weighted by Gasteiger charge is -2.11. The number of aryl methyl sites for hydroxylation is 3. The van der Waals surface area contributed by atoms with E-state index in [-0.39, 0.29) is 11.3 Å². The van der Waals surface area contributed by atoms with E-state index in [0.717, 1.165) is 17.5 Å². The Hall–Kier alpha value is -3.15. The molecule has 1 aliphatic heterocycles. The fraction of sp³-hybridized carbons (Fsp3) is 0.167. The van der Waals surface area contributed by atoms with Gasteiger partial charge in [0, 0.05) is 18.1 Å². The van der Waals surface area contributed by atoms with Gasteiger partial charge in [0.1, 0.15) is 17.1 Å². The number of pyridine rings is 2. The summed E-state index contributed by atoms with van der Waals surface area (Å²) in [4.78, 5) is 29.3. The predicted octanol–water partition coefficient (Wildman–Crippen LogP) is 2.22. The van der Waals surface area contributed by atoms with E-state index in [0.29, 0.717) is 23.3 Å². The minimum Gasteiger partial charge on any atom is -0.506 e. The van der Waals surface area contributed by atoms with Crippen LogP contribution >= 0.6 is 0 Å². The van der Waals surface area contributed by atoms with Crippen molar-refractivity contribution in [3.05, 3.63) is 63.6 Å². The zero-order chi connectivity index (χ0) is 16.8. The van der Waals surface area contributed by atoms with Crippen LogP contribution in [-0.2, 0) is 13.0 Å². The highest BCUT2D eigenvalue weighted by Crippen LogP contribution is 2.32. The van der Waals surface area contributed by atoms with E-state index in [1.54, 1.807) is 22.9 Å². The first-order chi connectivity index (χ1) is 11.6. The maximum Gasteiger partial charge on any atom is 0.267 e. The number of amides is 1. The first-order valence-electron chi connectivity index (χ1n) is 7.67. The second-order valence-electron chi connectivity index (χ2n) is 5.92. The molecule has 0 unspecified atom stereocenters. The smallest absolute Gasteiger partial charge is 0.267 e.